The molecule has 0 unspecified atom stereocenters. The van der Waals surface area contributed by atoms with Gasteiger partial charge in [0.25, 0.3) is 0 Å². The van der Waals surface area contributed by atoms with Crippen LogP contribution in [0.4, 0.5) is 11.5 Å². The number of anilines is 2. The maximum absolute atomic E-state index is 4.55. The first-order valence-electron chi connectivity index (χ1n) is 6.93. The van der Waals surface area contributed by atoms with E-state index >= 15 is 0 Å². The molecule has 1 fully saturated rings. The first kappa shape index (κ1) is 13.4. The van der Waals surface area contributed by atoms with E-state index in [0.29, 0.717) is 0 Å². The van der Waals surface area contributed by atoms with Crippen molar-refractivity contribution in [1.82, 2.24) is 4.98 Å². The van der Waals surface area contributed by atoms with Crippen molar-refractivity contribution in [2.24, 2.45) is 0 Å². The molecule has 1 aromatic heterocycles. The maximum atomic E-state index is 4.55. The molecule has 0 bridgehead atoms. The highest BCUT2D eigenvalue weighted by Crippen LogP contribution is 2.23. The second kappa shape index (κ2) is 6.27. The fourth-order valence-corrected chi connectivity index (χ4v) is 3.07. The van der Waals surface area contributed by atoms with E-state index in [9.17, 15) is 0 Å². The van der Waals surface area contributed by atoms with Gasteiger partial charge in [-0.05, 0) is 18.2 Å². The van der Waals surface area contributed by atoms with Crippen molar-refractivity contribution in [3.8, 4) is 0 Å². The van der Waals surface area contributed by atoms with Crippen molar-refractivity contribution in [2.75, 3.05) is 36.0 Å². The zero-order chi connectivity index (χ0) is 13.8. The van der Waals surface area contributed by atoms with Gasteiger partial charge in [-0.3, -0.25) is 0 Å². The van der Waals surface area contributed by atoms with Gasteiger partial charge in [-0.15, -0.1) is 0 Å². The maximum Gasteiger partial charge on any atom is 0.132 e. The number of alkyl halides is 1. The fourth-order valence-electron chi connectivity index (χ4n) is 2.63. The highest BCUT2D eigenvalue weighted by Gasteiger charge is 2.19. The van der Waals surface area contributed by atoms with Gasteiger partial charge in [0.15, 0.2) is 0 Å². The highest BCUT2D eigenvalue weighted by molar-refractivity contribution is 9.08. The Kier molecular flexibility index (Phi) is 4.21. The van der Waals surface area contributed by atoms with Crippen molar-refractivity contribution in [3.63, 3.8) is 0 Å². The van der Waals surface area contributed by atoms with Crippen LogP contribution in [-0.4, -0.2) is 31.2 Å². The van der Waals surface area contributed by atoms with Crippen LogP contribution in [0.2, 0.25) is 0 Å². The first-order chi connectivity index (χ1) is 9.88. The second-order valence-electron chi connectivity index (χ2n) is 4.93. The number of para-hydroxylation sites is 1. The summed E-state index contributed by atoms with van der Waals surface area (Å²) in [5.41, 5.74) is 2.58. The number of rotatable bonds is 3. The van der Waals surface area contributed by atoms with Gasteiger partial charge >= 0.3 is 0 Å². The van der Waals surface area contributed by atoms with Gasteiger partial charge in [0, 0.05) is 49.0 Å². The van der Waals surface area contributed by atoms with Gasteiger partial charge in [-0.1, -0.05) is 40.2 Å². The third kappa shape index (κ3) is 2.80. The molecule has 1 saturated heterocycles. The average Bonchev–Trinajstić information content (AvgIpc) is 2.56. The van der Waals surface area contributed by atoms with Crippen molar-refractivity contribution in [1.29, 1.82) is 0 Å². The van der Waals surface area contributed by atoms with E-state index in [-0.39, 0.29) is 0 Å². The lowest BCUT2D eigenvalue weighted by Crippen LogP contribution is -2.47. The molecule has 0 aliphatic carbocycles. The van der Waals surface area contributed by atoms with Crippen LogP contribution in [0.1, 0.15) is 5.56 Å². The average molecular weight is 332 g/mol. The molecule has 0 amide bonds. The molecule has 104 valence electrons. The number of hydrogen-bond donors (Lipinski definition) is 0. The molecule has 0 spiro atoms. The Morgan fingerprint density at radius 2 is 1.60 bits per heavy atom. The minimum atomic E-state index is 0.856. The molecular formula is C16H18BrN3. The lowest BCUT2D eigenvalue weighted by Gasteiger charge is -2.37. The normalized spacial score (nSPS) is 15.4. The van der Waals surface area contributed by atoms with Crippen molar-refractivity contribution < 1.29 is 0 Å². The van der Waals surface area contributed by atoms with E-state index in [1.54, 1.807) is 0 Å². The summed E-state index contributed by atoms with van der Waals surface area (Å²) in [5.74, 6) is 1.12. The van der Waals surface area contributed by atoms with Gasteiger partial charge in [0.05, 0.1) is 0 Å². The summed E-state index contributed by atoms with van der Waals surface area (Å²) in [6, 6.07) is 14.8. The lowest BCUT2D eigenvalue weighted by molar-refractivity contribution is 0.646. The van der Waals surface area contributed by atoms with Crippen LogP contribution in [0.25, 0.3) is 0 Å². The van der Waals surface area contributed by atoms with Gasteiger partial charge in [0.1, 0.15) is 5.82 Å². The number of halogens is 1. The summed E-state index contributed by atoms with van der Waals surface area (Å²) in [4.78, 5) is 9.37. The van der Waals surface area contributed by atoms with E-state index in [1.165, 1.54) is 11.3 Å². The molecule has 2 heterocycles. The summed E-state index contributed by atoms with van der Waals surface area (Å²) >= 11 is 3.55. The zero-order valence-electron chi connectivity index (χ0n) is 11.4. The quantitative estimate of drug-likeness (QED) is 0.804. The number of pyridine rings is 1. The molecule has 0 atom stereocenters. The Labute approximate surface area is 128 Å². The fraction of sp³-hybridized carbons (Fsp3) is 0.312. The van der Waals surface area contributed by atoms with Crippen molar-refractivity contribution in [2.45, 2.75) is 5.33 Å². The lowest BCUT2D eigenvalue weighted by atomic mass is 10.2. The SMILES string of the molecule is BrCc1cccnc1N1CCN(c2ccccc2)CC1. The van der Waals surface area contributed by atoms with E-state index in [2.05, 4.69) is 67.1 Å². The molecule has 0 radical (unpaired) electrons. The first-order valence-corrected chi connectivity index (χ1v) is 8.05. The number of benzene rings is 1. The van der Waals surface area contributed by atoms with Crippen LogP contribution in [-0.2, 0) is 5.33 Å². The van der Waals surface area contributed by atoms with Crippen molar-refractivity contribution >= 4 is 27.4 Å². The largest absolute Gasteiger partial charge is 0.368 e. The predicted octanol–water partition coefficient (Wildman–Crippen LogP) is 3.30. The molecule has 1 aliphatic heterocycles. The molecule has 3 rings (SSSR count). The monoisotopic (exact) mass is 331 g/mol. The Morgan fingerprint density at radius 1 is 0.900 bits per heavy atom. The Hall–Kier alpha value is -1.55. The molecule has 0 N–H and O–H groups in total. The van der Waals surface area contributed by atoms with E-state index < -0.39 is 0 Å². The van der Waals surface area contributed by atoms with Crippen LogP contribution in [0.5, 0.6) is 0 Å². The molecule has 1 aliphatic rings. The third-order valence-corrected chi connectivity index (χ3v) is 4.32. The van der Waals surface area contributed by atoms with Gasteiger partial charge in [0.2, 0.25) is 0 Å². The number of aromatic nitrogens is 1. The molecule has 4 heteroatoms. The van der Waals surface area contributed by atoms with Crippen LogP contribution in [0.15, 0.2) is 48.7 Å². The van der Waals surface area contributed by atoms with Crippen LogP contribution >= 0.6 is 15.9 Å². The summed E-state index contributed by atoms with van der Waals surface area (Å²) in [7, 11) is 0. The number of nitrogens with zero attached hydrogens (tertiary/aromatic N) is 3. The van der Waals surface area contributed by atoms with Crippen molar-refractivity contribution in [3.05, 3.63) is 54.2 Å². The highest BCUT2D eigenvalue weighted by atomic mass is 79.9. The third-order valence-electron chi connectivity index (χ3n) is 3.71. The predicted molar refractivity (Wildman–Crippen MR) is 87.7 cm³/mol. The molecule has 0 saturated carbocycles. The van der Waals surface area contributed by atoms with Crippen LogP contribution in [0.3, 0.4) is 0 Å². The summed E-state index contributed by atoms with van der Waals surface area (Å²) in [6.07, 6.45) is 1.88. The second-order valence-corrected chi connectivity index (χ2v) is 5.49. The van der Waals surface area contributed by atoms with Crippen LogP contribution in [0, 0.1) is 0 Å². The molecule has 1 aromatic carbocycles. The smallest absolute Gasteiger partial charge is 0.132 e. The van der Waals surface area contributed by atoms with Gasteiger partial charge < -0.3 is 9.80 Å². The minimum Gasteiger partial charge on any atom is -0.368 e. The Balaban J connectivity index is 1.70. The van der Waals surface area contributed by atoms with Gasteiger partial charge in [-0.25, -0.2) is 4.98 Å². The van der Waals surface area contributed by atoms with E-state index in [0.717, 1.165) is 37.3 Å². The summed E-state index contributed by atoms with van der Waals surface area (Å²) < 4.78 is 0. The number of hydrogen-bond acceptors (Lipinski definition) is 3. The number of piperazine rings is 1. The van der Waals surface area contributed by atoms with E-state index in [4.69, 9.17) is 0 Å². The molecule has 2 aromatic rings. The minimum absolute atomic E-state index is 0.856. The van der Waals surface area contributed by atoms with Crippen LogP contribution < -0.4 is 9.80 Å². The molecular weight excluding hydrogens is 314 g/mol. The van der Waals surface area contributed by atoms with E-state index in [1.807, 2.05) is 12.3 Å². The molecule has 20 heavy (non-hydrogen) atoms. The van der Waals surface area contributed by atoms with Gasteiger partial charge in [-0.2, -0.15) is 0 Å². The summed E-state index contributed by atoms with van der Waals surface area (Å²) in [6.45, 7) is 4.13. The topological polar surface area (TPSA) is 19.4 Å². The Morgan fingerprint density at radius 3 is 2.30 bits per heavy atom. The summed E-state index contributed by atoms with van der Waals surface area (Å²) in [5, 5.41) is 0.856. The molecule has 3 nitrogen and oxygen atoms in total. The standard InChI is InChI=1S/C16H18BrN3/c17-13-14-5-4-8-18-16(14)20-11-9-19(10-12-20)15-6-2-1-3-7-15/h1-8H,9-13H2. The zero-order valence-corrected chi connectivity index (χ0v) is 13.0. The Bertz CT molecular complexity index is 551.